The van der Waals surface area contributed by atoms with Gasteiger partial charge >= 0.3 is 0 Å². The molecule has 0 unspecified atom stereocenters. The molecule has 2 rings (SSSR count). The molecule has 2 aromatic rings. The van der Waals surface area contributed by atoms with Crippen LogP contribution in [0.1, 0.15) is 30.1 Å². The number of nitrogens with one attached hydrogen (secondary N) is 1. The first-order valence-electron chi connectivity index (χ1n) is 6.83. The Morgan fingerprint density at radius 3 is 2.81 bits per heavy atom. The Labute approximate surface area is 123 Å². The van der Waals surface area contributed by atoms with Gasteiger partial charge in [-0.3, -0.25) is 4.79 Å². The smallest absolute Gasteiger partial charge is 0.251 e. The molecule has 0 aliphatic heterocycles. The summed E-state index contributed by atoms with van der Waals surface area (Å²) in [5.74, 6) is 0.742. The third-order valence-corrected chi connectivity index (χ3v) is 3.41. The lowest BCUT2D eigenvalue weighted by molar-refractivity contribution is 0.0916. The van der Waals surface area contributed by atoms with Gasteiger partial charge in [0.25, 0.3) is 5.91 Å². The summed E-state index contributed by atoms with van der Waals surface area (Å²) in [4.78, 5) is 16.3. The van der Waals surface area contributed by atoms with Crippen molar-refractivity contribution in [2.24, 2.45) is 5.92 Å². The van der Waals surface area contributed by atoms with Gasteiger partial charge in [0.05, 0.1) is 0 Å². The molecule has 0 saturated heterocycles. The van der Waals surface area contributed by atoms with Gasteiger partial charge in [0, 0.05) is 30.7 Å². The minimum atomic E-state index is -0.190. The normalized spacial score (nSPS) is 13.7. The molecular weight excluding hydrogens is 270 g/mol. The van der Waals surface area contributed by atoms with Crippen LogP contribution in [0.3, 0.4) is 0 Å². The van der Waals surface area contributed by atoms with Gasteiger partial charge in [-0.1, -0.05) is 24.2 Å². The summed E-state index contributed by atoms with van der Waals surface area (Å²) in [5, 5.41) is 15.8. The first-order chi connectivity index (χ1) is 10.0. The van der Waals surface area contributed by atoms with E-state index < -0.39 is 0 Å². The highest BCUT2D eigenvalue weighted by Gasteiger charge is 2.16. The molecular formula is C15H19N3O3. The summed E-state index contributed by atoms with van der Waals surface area (Å²) in [6.45, 7) is 5.49. The minimum Gasteiger partial charge on any atom is -0.396 e. The van der Waals surface area contributed by atoms with Crippen LogP contribution in [-0.2, 0) is 0 Å². The number of carbonyl (C=O) groups is 1. The lowest BCUT2D eigenvalue weighted by Gasteiger charge is -2.19. The fourth-order valence-corrected chi connectivity index (χ4v) is 1.81. The van der Waals surface area contributed by atoms with Crippen LogP contribution < -0.4 is 5.32 Å². The molecule has 1 heterocycles. The van der Waals surface area contributed by atoms with Crippen LogP contribution in [0, 0.1) is 12.8 Å². The van der Waals surface area contributed by atoms with E-state index in [0.717, 1.165) is 5.56 Å². The molecule has 0 bridgehead atoms. The van der Waals surface area contributed by atoms with Crippen molar-refractivity contribution in [2.75, 3.05) is 6.61 Å². The molecule has 0 fully saturated rings. The van der Waals surface area contributed by atoms with E-state index in [4.69, 9.17) is 9.63 Å². The number of nitrogens with zero attached hydrogens (tertiary/aromatic N) is 2. The molecule has 0 aliphatic rings. The second kappa shape index (κ2) is 6.49. The van der Waals surface area contributed by atoms with Crippen molar-refractivity contribution in [1.82, 2.24) is 15.5 Å². The van der Waals surface area contributed by atoms with Crippen molar-refractivity contribution in [3.63, 3.8) is 0 Å². The highest BCUT2D eigenvalue weighted by molar-refractivity contribution is 5.95. The molecule has 2 atom stereocenters. The van der Waals surface area contributed by atoms with Gasteiger partial charge in [-0.2, -0.15) is 4.98 Å². The Morgan fingerprint density at radius 1 is 1.43 bits per heavy atom. The second-order valence-corrected chi connectivity index (χ2v) is 5.14. The maximum absolute atomic E-state index is 12.2. The fraction of sp³-hybridized carbons (Fsp3) is 0.400. The summed E-state index contributed by atoms with van der Waals surface area (Å²) in [6, 6.07) is 6.92. The Bertz CT molecular complexity index is 624. The van der Waals surface area contributed by atoms with Gasteiger partial charge in [0.15, 0.2) is 0 Å². The van der Waals surface area contributed by atoms with Crippen LogP contribution in [0.15, 0.2) is 28.8 Å². The third-order valence-electron chi connectivity index (χ3n) is 3.41. The van der Waals surface area contributed by atoms with Gasteiger partial charge in [-0.15, -0.1) is 0 Å². The van der Waals surface area contributed by atoms with Crippen molar-refractivity contribution in [3.8, 4) is 11.4 Å². The second-order valence-electron chi connectivity index (χ2n) is 5.14. The number of rotatable bonds is 5. The SMILES string of the molecule is Cc1nc(-c2cccc(C(=O)N[C@@H](C)[C@H](C)CO)c2)no1. The Morgan fingerprint density at radius 2 is 2.19 bits per heavy atom. The number of aliphatic hydroxyl groups is 1. The average Bonchev–Trinajstić information content (AvgIpc) is 2.93. The van der Waals surface area contributed by atoms with Crippen molar-refractivity contribution in [3.05, 3.63) is 35.7 Å². The highest BCUT2D eigenvalue weighted by Crippen LogP contribution is 2.17. The predicted octanol–water partition coefficient (Wildman–Crippen LogP) is 1.79. The first-order valence-corrected chi connectivity index (χ1v) is 6.83. The Kier molecular flexibility index (Phi) is 4.70. The van der Waals surface area contributed by atoms with Gasteiger partial charge in [0.2, 0.25) is 11.7 Å². The summed E-state index contributed by atoms with van der Waals surface area (Å²) < 4.78 is 4.94. The van der Waals surface area contributed by atoms with E-state index in [-0.39, 0.29) is 24.5 Å². The monoisotopic (exact) mass is 289 g/mol. The maximum atomic E-state index is 12.2. The number of amides is 1. The minimum absolute atomic E-state index is 0.00279. The third kappa shape index (κ3) is 3.66. The van der Waals surface area contributed by atoms with Crippen molar-refractivity contribution < 1.29 is 14.4 Å². The number of benzene rings is 1. The van der Waals surface area contributed by atoms with Crippen LogP contribution in [-0.4, -0.2) is 33.8 Å². The number of aromatic nitrogens is 2. The quantitative estimate of drug-likeness (QED) is 0.876. The highest BCUT2D eigenvalue weighted by atomic mass is 16.5. The van der Waals surface area contributed by atoms with E-state index in [0.29, 0.717) is 17.3 Å². The van der Waals surface area contributed by atoms with E-state index in [1.54, 1.807) is 25.1 Å². The molecule has 1 amide bonds. The molecule has 6 nitrogen and oxygen atoms in total. The fourth-order valence-electron chi connectivity index (χ4n) is 1.81. The molecule has 1 aromatic heterocycles. The molecule has 0 spiro atoms. The number of aryl methyl sites for hydroxylation is 1. The van der Waals surface area contributed by atoms with E-state index in [2.05, 4.69) is 15.5 Å². The summed E-state index contributed by atoms with van der Waals surface area (Å²) >= 11 is 0. The van der Waals surface area contributed by atoms with Crippen molar-refractivity contribution in [1.29, 1.82) is 0 Å². The topological polar surface area (TPSA) is 88.2 Å². The largest absolute Gasteiger partial charge is 0.396 e. The van der Waals surface area contributed by atoms with Gasteiger partial charge in [-0.25, -0.2) is 0 Å². The van der Waals surface area contributed by atoms with Gasteiger partial charge < -0.3 is 14.9 Å². The van der Waals surface area contributed by atoms with E-state index in [1.807, 2.05) is 19.9 Å². The molecule has 2 N–H and O–H groups in total. The number of hydrogen-bond donors (Lipinski definition) is 2. The molecule has 1 aromatic carbocycles. The van der Waals surface area contributed by atoms with Gasteiger partial charge in [-0.05, 0) is 25.0 Å². The zero-order valence-corrected chi connectivity index (χ0v) is 12.3. The van der Waals surface area contributed by atoms with Crippen molar-refractivity contribution in [2.45, 2.75) is 26.8 Å². The van der Waals surface area contributed by atoms with Crippen LogP contribution in [0.25, 0.3) is 11.4 Å². The summed E-state index contributed by atoms with van der Waals surface area (Å²) in [7, 11) is 0. The lowest BCUT2D eigenvalue weighted by atomic mass is 10.0. The van der Waals surface area contributed by atoms with E-state index in [1.165, 1.54) is 0 Å². The van der Waals surface area contributed by atoms with Gasteiger partial charge in [0.1, 0.15) is 0 Å². The first kappa shape index (κ1) is 15.2. The van der Waals surface area contributed by atoms with E-state index in [9.17, 15) is 4.79 Å². The van der Waals surface area contributed by atoms with Crippen LogP contribution >= 0.6 is 0 Å². The van der Waals surface area contributed by atoms with Crippen LogP contribution in [0.2, 0.25) is 0 Å². The molecule has 0 aliphatic carbocycles. The molecule has 0 radical (unpaired) electrons. The standard InChI is InChI=1S/C15H19N3O3/c1-9(8-19)10(2)16-15(20)13-6-4-5-12(7-13)14-17-11(3)21-18-14/h4-7,9-10,19H,8H2,1-3H3,(H,16,20)/t9-,10+/m1/s1. The number of carbonyl (C=O) groups excluding carboxylic acids is 1. The Hall–Kier alpha value is -2.21. The predicted molar refractivity (Wildman–Crippen MR) is 77.6 cm³/mol. The Balaban J connectivity index is 2.15. The van der Waals surface area contributed by atoms with Crippen LogP contribution in [0.4, 0.5) is 0 Å². The zero-order chi connectivity index (χ0) is 15.4. The summed E-state index contributed by atoms with van der Waals surface area (Å²) in [6.07, 6.45) is 0. The lowest BCUT2D eigenvalue weighted by Crippen LogP contribution is -2.38. The van der Waals surface area contributed by atoms with Crippen molar-refractivity contribution >= 4 is 5.91 Å². The molecule has 112 valence electrons. The zero-order valence-electron chi connectivity index (χ0n) is 12.3. The molecule has 0 saturated carbocycles. The summed E-state index contributed by atoms with van der Waals surface area (Å²) in [5.41, 5.74) is 1.24. The number of hydrogen-bond acceptors (Lipinski definition) is 5. The molecule has 6 heteroatoms. The van der Waals surface area contributed by atoms with E-state index >= 15 is 0 Å². The average molecular weight is 289 g/mol. The van der Waals surface area contributed by atoms with Crippen LogP contribution in [0.5, 0.6) is 0 Å². The molecule has 21 heavy (non-hydrogen) atoms. The maximum Gasteiger partial charge on any atom is 0.251 e. The number of aliphatic hydroxyl groups excluding tert-OH is 1.